The number of phenols is 1. The minimum Gasteiger partial charge on any atom is -0.508 e. The first-order chi connectivity index (χ1) is 19.6. The Labute approximate surface area is 247 Å². The molecule has 3 N–H and O–H groups in total. The van der Waals surface area contributed by atoms with Gasteiger partial charge in [-0.15, -0.1) is 0 Å². The lowest BCUT2D eigenvalue weighted by atomic mass is 9.94. The van der Waals surface area contributed by atoms with Crippen LogP contribution in [0.3, 0.4) is 0 Å². The quantitative estimate of drug-likeness (QED) is 0.148. The largest absolute Gasteiger partial charge is 0.508 e. The maximum atomic E-state index is 11.3. The summed E-state index contributed by atoms with van der Waals surface area (Å²) in [7, 11) is -2.77. The molecule has 218 valence electrons. The summed E-state index contributed by atoms with van der Waals surface area (Å²) in [5.74, 6) is 0.236. The fraction of sp³-hybridized carbons (Fsp3) is 0.333. The van der Waals surface area contributed by atoms with E-state index in [0.717, 1.165) is 18.4 Å². The summed E-state index contributed by atoms with van der Waals surface area (Å²) in [6.07, 6.45) is 6.03. The molecule has 0 heterocycles. The number of aliphatic hydroxyl groups is 2. The third kappa shape index (κ3) is 8.40. The lowest BCUT2D eigenvalue weighted by Gasteiger charge is -2.43. The highest BCUT2D eigenvalue weighted by molar-refractivity contribution is 6.99. The minimum atomic E-state index is -2.77. The van der Waals surface area contributed by atoms with E-state index in [0.29, 0.717) is 24.0 Å². The molecular weight excluding hydrogens is 524 g/mol. The van der Waals surface area contributed by atoms with Gasteiger partial charge in [-0.05, 0) is 63.5 Å². The van der Waals surface area contributed by atoms with Crippen LogP contribution in [0, 0.1) is 0 Å². The van der Waals surface area contributed by atoms with Crippen LogP contribution in [0.15, 0.2) is 114 Å². The summed E-state index contributed by atoms with van der Waals surface area (Å²) in [6.45, 7) is 13.2. The molecule has 0 aromatic heterocycles. The number of phenolic OH excluding ortho intramolecular Hbond substituents is 1. The summed E-state index contributed by atoms with van der Waals surface area (Å²) in [6, 6.07) is 28.1. The third-order valence-electron chi connectivity index (χ3n) is 7.51. The van der Waals surface area contributed by atoms with Crippen molar-refractivity contribution < 1.29 is 19.7 Å². The molecule has 0 aliphatic rings. The number of benzene rings is 3. The van der Waals surface area contributed by atoms with Gasteiger partial charge < -0.3 is 19.7 Å². The van der Waals surface area contributed by atoms with E-state index < -0.39 is 14.4 Å². The van der Waals surface area contributed by atoms with Crippen molar-refractivity contribution in [3.8, 4) is 5.75 Å². The zero-order chi connectivity index (χ0) is 29.9. The molecule has 3 rings (SSSR count). The molecule has 41 heavy (non-hydrogen) atoms. The fourth-order valence-electron chi connectivity index (χ4n) is 5.57. The van der Waals surface area contributed by atoms with Gasteiger partial charge in [0.05, 0.1) is 19.3 Å². The highest BCUT2D eigenvalue weighted by Crippen LogP contribution is 2.37. The van der Waals surface area contributed by atoms with Crippen LogP contribution in [0.25, 0.3) is 6.08 Å². The van der Waals surface area contributed by atoms with Crippen molar-refractivity contribution in [2.24, 2.45) is 0 Å². The van der Waals surface area contributed by atoms with Crippen molar-refractivity contribution in [1.29, 1.82) is 0 Å². The molecule has 5 heteroatoms. The zero-order valence-electron chi connectivity index (χ0n) is 25.0. The zero-order valence-corrected chi connectivity index (χ0v) is 26.0. The topological polar surface area (TPSA) is 69.9 Å². The van der Waals surface area contributed by atoms with E-state index in [4.69, 9.17) is 4.43 Å². The van der Waals surface area contributed by atoms with Gasteiger partial charge in [-0.3, -0.25) is 0 Å². The van der Waals surface area contributed by atoms with Gasteiger partial charge in [-0.25, -0.2) is 0 Å². The van der Waals surface area contributed by atoms with Crippen molar-refractivity contribution in [2.75, 3.05) is 13.2 Å². The summed E-state index contributed by atoms with van der Waals surface area (Å²) in [5.41, 5.74) is 3.44. The summed E-state index contributed by atoms with van der Waals surface area (Å²) in [4.78, 5) is 0. The number of rotatable bonds is 14. The predicted molar refractivity (Wildman–Crippen MR) is 174 cm³/mol. The molecule has 0 amide bonds. The number of hydrogen-bond donors (Lipinski definition) is 3. The van der Waals surface area contributed by atoms with Crippen LogP contribution in [-0.2, 0) is 4.43 Å². The second kappa shape index (κ2) is 15.1. The summed E-state index contributed by atoms with van der Waals surface area (Å²) in [5, 5.41) is 33.2. The first-order valence-corrected chi connectivity index (χ1v) is 16.4. The molecule has 1 atom stereocenters. The number of aromatic hydroxyl groups is 1. The van der Waals surface area contributed by atoms with E-state index in [1.165, 1.54) is 15.9 Å². The molecule has 0 saturated heterocycles. The first kappa shape index (κ1) is 32.3. The van der Waals surface area contributed by atoms with Gasteiger partial charge in [0, 0.05) is 0 Å². The van der Waals surface area contributed by atoms with E-state index in [1.807, 2.05) is 24.3 Å². The molecule has 0 fully saturated rings. The minimum absolute atomic E-state index is 0.179. The smallest absolute Gasteiger partial charge is 0.261 e. The van der Waals surface area contributed by atoms with Crippen LogP contribution in [0.1, 0.15) is 58.9 Å². The average molecular weight is 571 g/mol. The Morgan fingerprint density at radius 3 is 2.05 bits per heavy atom. The van der Waals surface area contributed by atoms with Crippen LogP contribution in [0.4, 0.5) is 0 Å². The molecule has 3 aromatic rings. The Bertz CT molecular complexity index is 1270. The Morgan fingerprint density at radius 1 is 0.927 bits per heavy atom. The molecular formula is C36H46O4Si. The maximum Gasteiger partial charge on any atom is 0.261 e. The van der Waals surface area contributed by atoms with Gasteiger partial charge in [0.15, 0.2) is 0 Å². The Balaban J connectivity index is 1.84. The van der Waals surface area contributed by atoms with E-state index in [1.54, 1.807) is 18.2 Å². The van der Waals surface area contributed by atoms with E-state index >= 15 is 0 Å². The SMILES string of the molecule is C=C(CO[Si](c1ccccc1)(c1ccccc1)C(C)(C)C)/C(=C/CO)C(O)CC/C(=C/c1cccc(O)c1)CCC. The third-order valence-corrected chi connectivity index (χ3v) is 12.5. The standard InChI is InChI=1S/C36H46O4Si/c1-6-14-29(25-30-15-13-16-31(38)26-30)21-22-35(39)34(23-24-37)28(2)27-40-41(36(3,4)5,32-17-9-7-10-18-32)33-19-11-8-12-20-33/h7-13,15-20,23,25-26,35,37-39H,2,6,14,21-22,24,27H2,1,3-5H3/b29-25+,34-23-. The van der Waals surface area contributed by atoms with Crippen LogP contribution in [0.5, 0.6) is 5.75 Å². The van der Waals surface area contributed by atoms with E-state index in [-0.39, 0.29) is 24.0 Å². The number of hydrogen-bond acceptors (Lipinski definition) is 4. The lowest BCUT2D eigenvalue weighted by Crippen LogP contribution is -2.66. The molecule has 0 spiro atoms. The predicted octanol–water partition coefficient (Wildman–Crippen LogP) is 6.77. The van der Waals surface area contributed by atoms with Crippen molar-refractivity contribution in [3.63, 3.8) is 0 Å². The van der Waals surface area contributed by atoms with E-state index in [9.17, 15) is 15.3 Å². The van der Waals surface area contributed by atoms with Crippen LogP contribution < -0.4 is 10.4 Å². The maximum absolute atomic E-state index is 11.3. The van der Waals surface area contributed by atoms with Crippen molar-refractivity contribution in [1.82, 2.24) is 0 Å². The highest BCUT2D eigenvalue weighted by atomic mass is 28.4. The normalized spacial score (nSPS) is 13.7. The van der Waals surface area contributed by atoms with Crippen LogP contribution >= 0.6 is 0 Å². The first-order valence-electron chi connectivity index (χ1n) is 14.5. The summed E-state index contributed by atoms with van der Waals surface area (Å²) < 4.78 is 7.03. The Kier molecular flexibility index (Phi) is 11.9. The lowest BCUT2D eigenvalue weighted by molar-refractivity contribution is 0.197. The number of allylic oxidation sites excluding steroid dienone is 1. The van der Waals surface area contributed by atoms with Gasteiger partial charge in [0.25, 0.3) is 8.32 Å². The van der Waals surface area contributed by atoms with Gasteiger partial charge in [0.1, 0.15) is 5.75 Å². The fourth-order valence-corrected chi connectivity index (χ4v) is 10.1. The van der Waals surface area contributed by atoms with Crippen molar-refractivity contribution in [2.45, 2.75) is 64.5 Å². The number of aliphatic hydroxyl groups excluding tert-OH is 2. The second-order valence-electron chi connectivity index (χ2n) is 11.6. The van der Waals surface area contributed by atoms with Crippen molar-refractivity contribution in [3.05, 3.63) is 120 Å². The average Bonchev–Trinajstić information content (AvgIpc) is 2.95. The molecule has 4 nitrogen and oxygen atoms in total. The van der Waals surface area contributed by atoms with Crippen LogP contribution in [0.2, 0.25) is 5.04 Å². The van der Waals surface area contributed by atoms with Gasteiger partial charge >= 0.3 is 0 Å². The molecule has 0 bridgehead atoms. The van der Waals surface area contributed by atoms with Crippen LogP contribution in [-0.4, -0.2) is 43.0 Å². The Morgan fingerprint density at radius 2 is 1.54 bits per heavy atom. The molecule has 0 saturated carbocycles. The highest BCUT2D eigenvalue weighted by Gasteiger charge is 2.50. The van der Waals surface area contributed by atoms with Gasteiger partial charge in [-0.2, -0.15) is 0 Å². The second-order valence-corrected chi connectivity index (χ2v) is 15.9. The Hall–Kier alpha value is -3.22. The summed E-state index contributed by atoms with van der Waals surface area (Å²) >= 11 is 0. The van der Waals surface area contributed by atoms with Gasteiger partial charge in [-0.1, -0.05) is 131 Å². The van der Waals surface area contributed by atoms with Gasteiger partial charge in [0.2, 0.25) is 0 Å². The monoisotopic (exact) mass is 570 g/mol. The molecule has 1 unspecified atom stereocenters. The molecule has 0 aliphatic carbocycles. The van der Waals surface area contributed by atoms with Crippen molar-refractivity contribution >= 4 is 24.8 Å². The molecule has 0 radical (unpaired) electrons. The molecule has 3 aromatic carbocycles. The van der Waals surface area contributed by atoms with E-state index in [2.05, 4.69) is 88.9 Å². The molecule has 0 aliphatic heterocycles.